The van der Waals surface area contributed by atoms with Crippen LogP contribution < -0.4 is 15.9 Å². The Morgan fingerprint density at radius 2 is 1.90 bits per heavy atom. The number of imidazole rings is 1. The van der Waals surface area contributed by atoms with E-state index in [-0.39, 0.29) is 23.9 Å². The number of halogens is 2. The van der Waals surface area contributed by atoms with Crippen molar-refractivity contribution in [3.8, 4) is 11.4 Å². The minimum absolute atomic E-state index is 0. The topological polar surface area (TPSA) is 79.8 Å². The van der Waals surface area contributed by atoms with Gasteiger partial charge in [-0.15, -0.1) is 12.4 Å². The zero-order valence-electron chi connectivity index (χ0n) is 17.5. The fraction of sp³-hybridized carbons (Fsp3) is 0.333. The summed E-state index contributed by atoms with van der Waals surface area (Å²) in [6.07, 6.45) is 5.20. The van der Waals surface area contributed by atoms with Crippen LogP contribution in [0.15, 0.2) is 35.5 Å². The third-order valence-electron chi connectivity index (χ3n) is 5.44. The maximum atomic E-state index is 14.5. The Labute approximate surface area is 184 Å². The largest absolute Gasteiger partial charge is 0.368 e. The van der Waals surface area contributed by atoms with Gasteiger partial charge in [0.15, 0.2) is 17.3 Å². The standard InChI is InChI=1S/C21H22FN7O.ClH/c1-12-6-16(27-5-4-23-13(2)8-27)11-29-19(12)25-18(26-21(29)30)15-7-17(22)20-24-14(3)9-28(20)10-15;/h6-7,9-11,13,23H,4-5,8H2,1-3H3;1H. The molecule has 0 aromatic carbocycles. The zero-order chi connectivity index (χ0) is 21.0. The van der Waals surface area contributed by atoms with Crippen molar-refractivity contribution in [3.63, 3.8) is 0 Å². The molecule has 5 heterocycles. The van der Waals surface area contributed by atoms with E-state index in [9.17, 15) is 9.18 Å². The van der Waals surface area contributed by atoms with E-state index in [0.29, 0.717) is 22.9 Å². The molecule has 0 radical (unpaired) electrons. The number of rotatable bonds is 2. The van der Waals surface area contributed by atoms with E-state index in [0.717, 1.165) is 30.9 Å². The van der Waals surface area contributed by atoms with Gasteiger partial charge in [-0.3, -0.25) is 0 Å². The number of piperazine rings is 1. The van der Waals surface area contributed by atoms with E-state index in [1.807, 2.05) is 13.0 Å². The van der Waals surface area contributed by atoms with E-state index in [1.165, 1.54) is 10.5 Å². The molecule has 8 nitrogen and oxygen atoms in total. The lowest BCUT2D eigenvalue weighted by Gasteiger charge is -2.33. The first-order valence-corrected chi connectivity index (χ1v) is 9.93. The smallest absolute Gasteiger partial charge is 0.355 e. The number of fused-ring (bicyclic) bond motifs is 2. The lowest BCUT2D eigenvalue weighted by Crippen LogP contribution is -2.49. The Morgan fingerprint density at radius 1 is 1.10 bits per heavy atom. The number of nitrogens with zero attached hydrogens (tertiary/aromatic N) is 6. The van der Waals surface area contributed by atoms with Gasteiger partial charge in [0.1, 0.15) is 5.65 Å². The fourth-order valence-corrected chi connectivity index (χ4v) is 4.04. The monoisotopic (exact) mass is 443 g/mol. The molecule has 1 aliphatic rings. The molecule has 31 heavy (non-hydrogen) atoms. The summed E-state index contributed by atoms with van der Waals surface area (Å²) in [5.41, 5.74) is 3.27. The molecule has 1 unspecified atom stereocenters. The average Bonchev–Trinajstić information content (AvgIpc) is 3.09. The van der Waals surface area contributed by atoms with Crippen LogP contribution in [-0.4, -0.2) is 49.4 Å². The molecule has 0 saturated carbocycles. The molecule has 1 aliphatic heterocycles. The van der Waals surface area contributed by atoms with Gasteiger partial charge in [-0.25, -0.2) is 23.6 Å². The van der Waals surface area contributed by atoms with Crippen LogP contribution in [0.3, 0.4) is 0 Å². The second-order valence-electron chi connectivity index (χ2n) is 7.90. The predicted molar refractivity (Wildman–Crippen MR) is 120 cm³/mol. The van der Waals surface area contributed by atoms with Gasteiger partial charge in [-0.2, -0.15) is 4.98 Å². The van der Waals surface area contributed by atoms with E-state index >= 15 is 0 Å². The van der Waals surface area contributed by atoms with Gasteiger partial charge in [0, 0.05) is 49.8 Å². The first-order chi connectivity index (χ1) is 14.4. The Hall–Kier alpha value is -3.04. The first kappa shape index (κ1) is 21.2. The molecule has 10 heteroatoms. The van der Waals surface area contributed by atoms with Crippen molar-refractivity contribution in [2.75, 3.05) is 24.5 Å². The molecular weight excluding hydrogens is 421 g/mol. The summed E-state index contributed by atoms with van der Waals surface area (Å²) in [7, 11) is 0. The van der Waals surface area contributed by atoms with Gasteiger partial charge in [0.2, 0.25) is 0 Å². The van der Waals surface area contributed by atoms with E-state index in [2.05, 4.69) is 32.1 Å². The minimum Gasteiger partial charge on any atom is -0.368 e. The van der Waals surface area contributed by atoms with Gasteiger partial charge in [-0.1, -0.05) is 0 Å². The predicted octanol–water partition coefficient (Wildman–Crippen LogP) is 2.38. The van der Waals surface area contributed by atoms with Crippen molar-refractivity contribution in [3.05, 3.63) is 58.3 Å². The van der Waals surface area contributed by atoms with Crippen molar-refractivity contribution in [1.29, 1.82) is 0 Å². The molecule has 4 aromatic heterocycles. The fourth-order valence-electron chi connectivity index (χ4n) is 4.04. The Balaban J connectivity index is 0.00000231. The quantitative estimate of drug-likeness (QED) is 0.512. The maximum Gasteiger partial charge on any atom is 0.355 e. The summed E-state index contributed by atoms with van der Waals surface area (Å²) < 4.78 is 17.6. The number of hydrogen-bond donors (Lipinski definition) is 1. The molecule has 1 fully saturated rings. The highest BCUT2D eigenvalue weighted by molar-refractivity contribution is 5.85. The van der Waals surface area contributed by atoms with Gasteiger partial charge in [-0.05, 0) is 38.5 Å². The van der Waals surface area contributed by atoms with Gasteiger partial charge in [0.25, 0.3) is 0 Å². The molecular formula is C21H23ClFN7O. The lowest BCUT2D eigenvalue weighted by molar-refractivity contribution is 0.484. The number of pyridine rings is 2. The highest BCUT2D eigenvalue weighted by Crippen LogP contribution is 2.23. The maximum absolute atomic E-state index is 14.5. The molecule has 0 aliphatic carbocycles. The Bertz CT molecular complexity index is 1350. The highest BCUT2D eigenvalue weighted by Gasteiger charge is 2.19. The van der Waals surface area contributed by atoms with E-state index in [1.54, 1.807) is 29.9 Å². The Kier molecular flexibility index (Phi) is 5.40. The number of hydrogen-bond acceptors (Lipinski definition) is 6. The molecule has 162 valence electrons. The molecule has 5 rings (SSSR count). The van der Waals surface area contributed by atoms with Crippen molar-refractivity contribution in [1.82, 2.24) is 29.1 Å². The van der Waals surface area contributed by atoms with Gasteiger partial charge >= 0.3 is 5.69 Å². The lowest BCUT2D eigenvalue weighted by atomic mass is 10.2. The average molecular weight is 444 g/mol. The van der Waals surface area contributed by atoms with Crippen LogP contribution >= 0.6 is 12.4 Å². The van der Waals surface area contributed by atoms with Crippen LogP contribution in [-0.2, 0) is 0 Å². The van der Waals surface area contributed by atoms with Crippen molar-refractivity contribution >= 4 is 29.4 Å². The summed E-state index contributed by atoms with van der Waals surface area (Å²) in [6, 6.07) is 3.73. The number of anilines is 1. The molecule has 0 amide bonds. The first-order valence-electron chi connectivity index (χ1n) is 9.93. The van der Waals surface area contributed by atoms with Crippen LogP contribution in [0.1, 0.15) is 18.2 Å². The second kappa shape index (κ2) is 7.90. The highest BCUT2D eigenvalue weighted by atomic mass is 35.5. The van der Waals surface area contributed by atoms with Crippen molar-refractivity contribution in [2.45, 2.75) is 26.8 Å². The summed E-state index contributed by atoms with van der Waals surface area (Å²) in [6.45, 7) is 8.48. The number of aryl methyl sites for hydroxylation is 2. The SMILES string of the molecule is Cc1cn2cc(-c3nc(=O)n4cc(N5CCNC(C)C5)cc(C)c4n3)cc(F)c2n1.Cl. The van der Waals surface area contributed by atoms with E-state index < -0.39 is 11.5 Å². The van der Waals surface area contributed by atoms with Crippen LogP contribution in [0, 0.1) is 19.7 Å². The normalized spacial score (nSPS) is 16.6. The van der Waals surface area contributed by atoms with Crippen molar-refractivity contribution < 1.29 is 4.39 Å². The molecule has 1 saturated heterocycles. The molecule has 0 spiro atoms. The minimum atomic E-state index is -0.482. The van der Waals surface area contributed by atoms with Crippen LogP contribution in [0.5, 0.6) is 0 Å². The van der Waals surface area contributed by atoms with Gasteiger partial charge in [0.05, 0.1) is 11.4 Å². The summed E-state index contributed by atoms with van der Waals surface area (Å²) >= 11 is 0. The van der Waals surface area contributed by atoms with Gasteiger partial charge < -0.3 is 14.6 Å². The van der Waals surface area contributed by atoms with Crippen molar-refractivity contribution in [2.24, 2.45) is 0 Å². The second-order valence-corrected chi connectivity index (χ2v) is 7.90. The summed E-state index contributed by atoms with van der Waals surface area (Å²) in [5, 5.41) is 3.42. The number of nitrogens with one attached hydrogen (secondary N) is 1. The molecule has 1 atom stereocenters. The van der Waals surface area contributed by atoms with Crippen LogP contribution in [0.25, 0.3) is 22.7 Å². The molecule has 1 N–H and O–H groups in total. The third-order valence-corrected chi connectivity index (χ3v) is 5.44. The van der Waals surface area contributed by atoms with E-state index in [4.69, 9.17) is 0 Å². The summed E-state index contributed by atoms with van der Waals surface area (Å²) in [4.78, 5) is 28.0. The third kappa shape index (κ3) is 3.75. The zero-order valence-corrected chi connectivity index (χ0v) is 18.3. The van der Waals surface area contributed by atoms with Crippen LogP contribution in [0.2, 0.25) is 0 Å². The molecule has 4 aromatic rings. The van der Waals surface area contributed by atoms with Crippen LogP contribution in [0.4, 0.5) is 10.1 Å². The molecule has 0 bridgehead atoms. The summed E-state index contributed by atoms with van der Waals surface area (Å²) in [5.74, 6) is -0.289. The number of aromatic nitrogens is 5. The Morgan fingerprint density at radius 3 is 2.68 bits per heavy atom.